The maximum absolute atomic E-state index is 12.8. The van der Waals surface area contributed by atoms with Crippen molar-refractivity contribution in [2.75, 3.05) is 13.7 Å². The van der Waals surface area contributed by atoms with Gasteiger partial charge in [0.05, 0.1) is 7.11 Å². The summed E-state index contributed by atoms with van der Waals surface area (Å²) in [5.41, 5.74) is 1.95. The fourth-order valence-electron chi connectivity index (χ4n) is 2.82. The third-order valence-corrected chi connectivity index (χ3v) is 4.29. The van der Waals surface area contributed by atoms with Crippen LogP contribution in [0.4, 0.5) is 0 Å². The Kier molecular flexibility index (Phi) is 8.28. The number of rotatable bonds is 9. The molecule has 0 heterocycles. The van der Waals surface area contributed by atoms with E-state index in [0.29, 0.717) is 13.1 Å². The number of nitrogens with one attached hydrogen (secondary N) is 1. The van der Waals surface area contributed by atoms with Crippen LogP contribution in [0.15, 0.2) is 60.7 Å². The molecule has 5 nitrogen and oxygen atoms in total. The molecule has 0 saturated heterocycles. The van der Waals surface area contributed by atoms with E-state index in [1.54, 1.807) is 25.0 Å². The predicted octanol–water partition coefficient (Wildman–Crippen LogP) is 3.65. The highest BCUT2D eigenvalue weighted by atomic mass is 16.5. The van der Waals surface area contributed by atoms with Crippen molar-refractivity contribution in [3.8, 4) is 5.75 Å². The van der Waals surface area contributed by atoms with Crippen LogP contribution in [-0.2, 0) is 16.1 Å². The van der Waals surface area contributed by atoms with Crippen LogP contribution in [0.1, 0.15) is 31.4 Å². The van der Waals surface area contributed by atoms with Gasteiger partial charge in [0.1, 0.15) is 11.8 Å². The van der Waals surface area contributed by atoms with E-state index in [9.17, 15) is 9.59 Å². The van der Waals surface area contributed by atoms with E-state index in [1.165, 1.54) is 6.08 Å². The van der Waals surface area contributed by atoms with Gasteiger partial charge in [-0.15, -0.1) is 0 Å². The van der Waals surface area contributed by atoms with Gasteiger partial charge in [0.2, 0.25) is 11.8 Å². The molecule has 2 amide bonds. The summed E-state index contributed by atoms with van der Waals surface area (Å²) in [6.45, 7) is 4.94. The average Bonchev–Trinajstić information content (AvgIpc) is 2.72. The molecular weight excluding hydrogens is 352 g/mol. The highest BCUT2D eigenvalue weighted by molar-refractivity contribution is 5.95. The first-order chi connectivity index (χ1) is 13.5. The Morgan fingerprint density at radius 1 is 1.11 bits per heavy atom. The smallest absolute Gasteiger partial charge is 0.245 e. The van der Waals surface area contributed by atoms with Crippen LogP contribution >= 0.6 is 0 Å². The van der Waals surface area contributed by atoms with Crippen molar-refractivity contribution in [2.45, 2.75) is 32.9 Å². The van der Waals surface area contributed by atoms with E-state index in [0.717, 1.165) is 23.3 Å². The van der Waals surface area contributed by atoms with Crippen molar-refractivity contribution < 1.29 is 14.3 Å². The topological polar surface area (TPSA) is 58.6 Å². The highest BCUT2D eigenvalue weighted by Crippen LogP contribution is 2.12. The summed E-state index contributed by atoms with van der Waals surface area (Å²) in [7, 11) is 1.61. The van der Waals surface area contributed by atoms with Crippen molar-refractivity contribution >= 4 is 17.9 Å². The molecule has 0 saturated carbocycles. The van der Waals surface area contributed by atoms with E-state index in [-0.39, 0.29) is 11.8 Å². The number of methoxy groups -OCH3 is 1. The van der Waals surface area contributed by atoms with Crippen molar-refractivity contribution in [1.82, 2.24) is 10.2 Å². The zero-order valence-corrected chi connectivity index (χ0v) is 16.7. The van der Waals surface area contributed by atoms with Crippen LogP contribution in [0.3, 0.4) is 0 Å². The van der Waals surface area contributed by atoms with Gasteiger partial charge in [-0.25, -0.2) is 0 Å². The molecule has 1 N–H and O–H groups in total. The Hall–Kier alpha value is -3.08. The molecule has 0 aromatic heterocycles. The monoisotopic (exact) mass is 380 g/mol. The molecule has 28 heavy (non-hydrogen) atoms. The molecule has 1 unspecified atom stereocenters. The lowest BCUT2D eigenvalue weighted by atomic mass is 10.1. The summed E-state index contributed by atoms with van der Waals surface area (Å²) in [4.78, 5) is 26.8. The number of benzene rings is 2. The van der Waals surface area contributed by atoms with Crippen LogP contribution in [-0.4, -0.2) is 36.4 Å². The summed E-state index contributed by atoms with van der Waals surface area (Å²) in [6.07, 6.45) is 4.00. The fourth-order valence-corrected chi connectivity index (χ4v) is 2.82. The third-order valence-electron chi connectivity index (χ3n) is 4.29. The minimum Gasteiger partial charge on any atom is -0.497 e. The van der Waals surface area contributed by atoms with Crippen molar-refractivity contribution in [1.29, 1.82) is 0 Å². The van der Waals surface area contributed by atoms with Crippen LogP contribution in [0.25, 0.3) is 6.08 Å². The van der Waals surface area contributed by atoms with E-state index in [4.69, 9.17) is 4.74 Å². The van der Waals surface area contributed by atoms with Gasteiger partial charge in [-0.2, -0.15) is 0 Å². The molecule has 1 atom stereocenters. The van der Waals surface area contributed by atoms with E-state index < -0.39 is 6.04 Å². The van der Waals surface area contributed by atoms with Crippen molar-refractivity contribution in [2.24, 2.45) is 0 Å². The zero-order valence-electron chi connectivity index (χ0n) is 16.7. The molecule has 0 radical (unpaired) electrons. The lowest BCUT2D eigenvalue weighted by molar-refractivity contribution is -0.135. The largest absolute Gasteiger partial charge is 0.497 e. The molecule has 5 heteroatoms. The summed E-state index contributed by atoms with van der Waals surface area (Å²) in [5.74, 6) is 0.375. The SMILES string of the molecule is CCCN(Cc1ccccc1)C(=O)C(C)NC(=O)/C=C/c1ccc(OC)cc1. The Morgan fingerprint density at radius 2 is 1.79 bits per heavy atom. The first-order valence-electron chi connectivity index (χ1n) is 9.48. The second-order valence-corrected chi connectivity index (χ2v) is 6.58. The van der Waals surface area contributed by atoms with Gasteiger partial charge < -0.3 is 15.0 Å². The Balaban J connectivity index is 1.94. The third kappa shape index (κ3) is 6.58. The Bertz CT molecular complexity index is 785. The van der Waals surface area contributed by atoms with Gasteiger partial charge in [-0.1, -0.05) is 49.4 Å². The van der Waals surface area contributed by atoms with Crippen LogP contribution < -0.4 is 10.1 Å². The lowest BCUT2D eigenvalue weighted by Gasteiger charge is -2.26. The standard InChI is InChI=1S/C23H28N2O3/c1-4-16-25(17-20-8-6-5-7-9-20)23(27)18(2)24-22(26)15-12-19-10-13-21(28-3)14-11-19/h5-15,18H,4,16-17H2,1-3H3,(H,24,26)/b15-12+. The lowest BCUT2D eigenvalue weighted by Crippen LogP contribution is -2.46. The number of ether oxygens (including phenoxy) is 1. The molecule has 0 spiro atoms. The second kappa shape index (κ2) is 10.9. The molecule has 2 aromatic carbocycles. The van der Waals surface area contributed by atoms with Crippen LogP contribution in [0, 0.1) is 0 Å². The van der Waals surface area contributed by atoms with E-state index >= 15 is 0 Å². The molecule has 0 aliphatic heterocycles. The van der Waals surface area contributed by atoms with Crippen molar-refractivity contribution in [3.05, 3.63) is 71.8 Å². The van der Waals surface area contributed by atoms with Gasteiger partial charge >= 0.3 is 0 Å². The minimum atomic E-state index is -0.594. The Morgan fingerprint density at radius 3 is 2.39 bits per heavy atom. The maximum atomic E-state index is 12.8. The van der Waals surface area contributed by atoms with Gasteiger partial charge in [0, 0.05) is 19.2 Å². The summed E-state index contributed by atoms with van der Waals surface area (Å²) in [6, 6.07) is 16.6. The number of hydrogen-bond acceptors (Lipinski definition) is 3. The molecule has 0 aliphatic carbocycles. The number of carbonyl (C=O) groups is 2. The van der Waals surface area contributed by atoms with Crippen LogP contribution in [0.2, 0.25) is 0 Å². The van der Waals surface area contributed by atoms with Gasteiger partial charge in [-0.05, 0) is 42.7 Å². The van der Waals surface area contributed by atoms with Gasteiger partial charge in [0.15, 0.2) is 0 Å². The quantitative estimate of drug-likeness (QED) is 0.676. The molecule has 0 fully saturated rings. The van der Waals surface area contributed by atoms with Gasteiger partial charge in [-0.3, -0.25) is 9.59 Å². The minimum absolute atomic E-state index is 0.0862. The fraction of sp³-hybridized carbons (Fsp3) is 0.304. The summed E-state index contributed by atoms with van der Waals surface area (Å²) in [5, 5.41) is 2.76. The van der Waals surface area contributed by atoms with E-state index in [1.807, 2.05) is 61.5 Å². The predicted molar refractivity (Wildman–Crippen MR) is 112 cm³/mol. The van der Waals surface area contributed by atoms with E-state index in [2.05, 4.69) is 5.32 Å². The number of hydrogen-bond donors (Lipinski definition) is 1. The number of amides is 2. The van der Waals surface area contributed by atoms with Crippen LogP contribution in [0.5, 0.6) is 5.75 Å². The summed E-state index contributed by atoms with van der Waals surface area (Å²) >= 11 is 0. The van der Waals surface area contributed by atoms with Crippen molar-refractivity contribution in [3.63, 3.8) is 0 Å². The number of nitrogens with zero attached hydrogens (tertiary/aromatic N) is 1. The first-order valence-corrected chi connectivity index (χ1v) is 9.48. The molecular formula is C23H28N2O3. The molecule has 2 aromatic rings. The maximum Gasteiger partial charge on any atom is 0.245 e. The zero-order chi connectivity index (χ0) is 20.4. The normalized spacial score (nSPS) is 11.8. The molecule has 0 bridgehead atoms. The van der Waals surface area contributed by atoms with Gasteiger partial charge in [0.25, 0.3) is 0 Å². The highest BCUT2D eigenvalue weighted by Gasteiger charge is 2.21. The molecule has 148 valence electrons. The summed E-state index contributed by atoms with van der Waals surface area (Å²) < 4.78 is 5.11. The molecule has 2 rings (SSSR count). The average molecular weight is 380 g/mol. The first kappa shape index (κ1) is 21.2. The number of carbonyl (C=O) groups excluding carboxylic acids is 2. The molecule has 0 aliphatic rings. The Labute approximate surface area is 167 Å². The second-order valence-electron chi connectivity index (χ2n) is 6.58.